The molecule has 24 nitrogen and oxygen atoms in total. The number of rotatable bonds is 34. The minimum absolute atomic E-state index is 0.0187. The van der Waals surface area contributed by atoms with E-state index in [1.807, 2.05) is 0 Å². The fourth-order valence-electron chi connectivity index (χ4n) is 6.68. The van der Waals surface area contributed by atoms with Crippen LogP contribution in [0, 0.1) is 5.41 Å². The van der Waals surface area contributed by atoms with Crippen molar-refractivity contribution in [3.05, 3.63) is 24.8 Å². The number of phosphoric ester groups is 3. The van der Waals surface area contributed by atoms with Crippen LogP contribution < -0.4 is 35.9 Å². The summed E-state index contributed by atoms with van der Waals surface area (Å²) in [6.07, 6.45) is 12.7. The largest absolute Gasteiger partial charge is 0.790 e. The maximum absolute atomic E-state index is 12.6. The summed E-state index contributed by atoms with van der Waals surface area (Å²) in [4.78, 5) is 96.8. The number of imidazole rings is 1. The number of aliphatic hydroxyl groups excluding tert-OH is 2. The van der Waals surface area contributed by atoms with Gasteiger partial charge in [0.25, 0.3) is 15.6 Å². The van der Waals surface area contributed by atoms with Gasteiger partial charge in [-0.2, -0.15) is 0 Å². The number of thioether (sulfide) groups is 1. The summed E-state index contributed by atoms with van der Waals surface area (Å²) in [5.41, 5.74) is 4.09. The number of anilines is 1. The highest BCUT2D eigenvalue weighted by Crippen LogP contribution is 2.56. The predicted octanol–water partition coefficient (Wildman–Crippen LogP) is 2.17. The summed E-state index contributed by atoms with van der Waals surface area (Å²) < 4.78 is 60.8. The van der Waals surface area contributed by atoms with Gasteiger partial charge >= 0.3 is 0 Å². The zero-order valence-electron chi connectivity index (χ0n) is 38.0. The van der Waals surface area contributed by atoms with Gasteiger partial charge < -0.3 is 69.0 Å². The van der Waals surface area contributed by atoms with E-state index in [-0.39, 0.29) is 41.6 Å². The van der Waals surface area contributed by atoms with Crippen LogP contribution in [0.5, 0.6) is 0 Å². The number of aromatic nitrogens is 4. The van der Waals surface area contributed by atoms with Gasteiger partial charge in [0.2, 0.25) is 11.8 Å². The van der Waals surface area contributed by atoms with E-state index in [1.54, 1.807) is 0 Å². The fourth-order valence-corrected chi connectivity index (χ4v) is 10.1. The van der Waals surface area contributed by atoms with Crippen molar-refractivity contribution >= 4 is 69.1 Å². The number of fused-ring (bicyclic) bond motifs is 1. The Morgan fingerprint density at radius 2 is 1.54 bits per heavy atom. The Balaban J connectivity index is 1.30. The van der Waals surface area contributed by atoms with Crippen LogP contribution in [-0.4, -0.2) is 103 Å². The minimum atomic E-state index is -5.92. The van der Waals surface area contributed by atoms with E-state index in [0.29, 0.717) is 12.2 Å². The second-order valence-electron chi connectivity index (χ2n) is 16.5. The molecule has 382 valence electrons. The number of nitrogens with two attached hydrogens (primary N) is 1. The van der Waals surface area contributed by atoms with E-state index in [9.17, 15) is 57.9 Å². The van der Waals surface area contributed by atoms with Crippen LogP contribution in [0.2, 0.25) is 0 Å². The van der Waals surface area contributed by atoms with Gasteiger partial charge in [-0.25, -0.2) is 19.3 Å². The lowest BCUT2D eigenvalue weighted by Crippen LogP contribution is -2.46. The molecule has 0 bridgehead atoms. The molecule has 1 saturated heterocycles. The normalized spacial score (nSPS) is 20.2. The Hall–Kier alpha value is -2.70. The van der Waals surface area contributed by atoms with Gasteiger partial charge in [-0.15, -0.1) is 0 Å². The van der Waals surface area contributed by atoms with E-state index in [4.69, 9.17) is 10.5 Å². The lowest BCUT2D eigenvalue weighted by molar-refractivity contribution is -0.347. The molecule has 28 heteroatoms. The molecular formula is C39H64N7O17P3S-4. The number of unbranched alkanes of at least 4 members (excludes halogenated alkanes) is 11. The Morgan fingerprint density at radius 1 is 0.910 bits per heavy atom. The number of nitrogen functional groups attached to an aromatic ring is 1. The summed E-state index contributed by atoms with van der Waals surface area (Å²) in [6.45, 7) is 2.39. The van der Waals surface area contributed by atoms with E-state index in [1.165, 1.54) is 65.2 Å². The van der Waals surface area contributed by atoms with Gasteiger partial charge in [-0.05, 0) is 32.1 Å². The smallest absolute Gasteiger partial charge is 0.274 e. The zero-order chi connectivity index (χ0) is 49.7. The Morgan fingerprint density at radius 3 is 2.19 bits per heavy atom. The quantitative estimate of drug-likeness (QED) is 0.0381. The Bertz CT molecular complexity index is 2040. The number of aliphatic hydroxyl groups is 2. The van der Waals surface area contributed by atoms with Crippen molar-refractivity contribution in [2.24, 2.45) is 5.41 Å². The summed E-state index contributed by atoms with van der Waals surface area (Å²) in [6, 6.07) is 0. The SMILES string of the molecule is CCCCCC/C=C/CCCCCCCCCC(=O)SCCNC(=O)CCNC(=O)[C@H](O)C(C)(C)COP(=O)([O-])OP(=O)([O-])OC[C@H]1O[C@@H](n2cnc3c(N)ncnc32)[C@H](O)[C@@H]1OP(=O)([O-])[O-]. The summed E-state index contributed by atoms with van der Waals surface area (Å²) in [5.74, 6) is -1.14. The molecule has 3 heterocycles. The highest BCUT2D eigenvalue weighted by molar-refractivity contribution is 8.13. The maximum atomic E-state index is 12.6. The van der Waals surface area contributed by atoms with Crippen molar-refractivity contribution in [1.29, 1.82) is 0 Å². The second-order valence-corrected chi connectivity index (χ2v) is 21.8. The van der Waals surface area contributed by atoms with Crippen molar-refractivity contribution in [3.8, 4) is 0 Å². The van der Waals surface area contributed by atoms with E-state index in [0.717, 1.165) is 61.1 Å². The topological polar surface area (TPSA) is 375 Å². The predicted molar refractivity (Wildman–Crippen MR) is 238 cm³/mol. The molecule has 2 aromatic rings. The Labute approximate surface area is 394 Å². The molecule has 2 aromatic heterocycles. The van der Waals surface area contributed by atoms with Gasteiger partial charge in [0.15, 0.2) is 22.8 Å². The molecule has 2 unspecified atom stereocenters. The van der Waals surface area contributed by atoms with Gasteiger partial charge in [0.05, 0.1) is 27.4 Å². The fraction of sp³-hybridized carbons (Fsp3) is 0.744. The van der Waals surface area contributed by atoms with Crippen molar-refractivity contribution in [3.63, 3.8) is 0 Å². The molecule has 1 aliphatic heterocycles. The first-order valence-corrected chi connectivity index (χ1v) is 27.5. The summed E-state index contributed by atoms with van der Waals surface area (Å²) >= 11 is 1.14. The van der Waals surface area contributed by atoms with Crippen LogP contribution in [0.3, 0.4) is 0 Å². The van der Waals surface area contributed by atoms with Crippen LogP contribution in [0.25, 0.3) is 11.2 Å². The van der Waals surface area contributed by atoms with E-state index < -0.39 is 84.6 Å². The Kier molecular flexibility index (Phi) is 25.2. The monoisotopic (exact) mass is 1030 g/mol. The van der Waals surface area contributed by atoms with Crippen LogP contribution >= 0.6 is 35.2 Å². The van der Waals surface area contributed by atoms with E-state index >= 15 is 0 Å². The molecule has 0 spiro atoms. The number of amides is 2. The highest BCUT2D eigenvalue weighted by Gasteiger charge is 2.47. The third-order valence-electron chi connectivity index (χ3n) is 10.4. The number of phosphoric acid groups is 3. The number of nitrogens with one attached hydrogen (secondary N) is 2. The molecule has 1 fully saturated rings. The molecule has 67 heavy (non-hydrogen) atoms. The lowest BCUT2D eigenvalue weighted by atomic mass is 9.87. The number of hydrogen-bond donors (Lipinski definition) is 5. The van der Waals surface area contributed by atoms with Crippen molar-refractivity contribution < 1.29 is 80.5 Å². The number of allylic oxidation sites excluding steroid dienone is 2. The average molecular weight is 1030 g/mol. The minimum Gasteiger partial charge on any atom is -0.790 e. The maximum Gasteiger partial charge on any atom is 0.274 e. The van der Waals surface area contributed by atoms with Crippen molar-refractivity contribution in [1.82, 2.24) is 30.2 Å². The first-order valence-electron chi connectivity index (χ1n) is 22.2. The molecule has 0 aliphatic carbocycles. The zero-order valence-corrected chi connectivity index (χ0v) is 41.5. The second kappa shape index (κ2) is 28.8. The summed E-state index contributed by atoms with van der Waals surface area (Å²) in [5, 5.41) is 26.5. The van der Waals surface area contributed by atoms with Crippen LogP contribution in [0.1, 0.15) is 123 Å². The number of nitrogens with zero attached hydrogens (tertiary/aromatic N) is 4. The molecule has 7 atom stereocenters. The number of carbonyl (C=O) groups excluding carboxylic acids is 3. The number of carbonyl (C=O) groups is 3. The third kappa shape index (κ3) is 21.9. The van der Waals surface area contributed by atoms with Crippen LogP contribution in [0.4, 0.5) is 5.82 Å². The average Bonchev–Trinajstić information content (AvgIpc) is 3.81. The van der Waals surface area contributed by atoms with Crippen molar-refractivity contribution in [2.75, 3.05) is 37.8 Å². The lowest BCUT2D eigenvalue weighted by Gasteiger charge is -2.36. The van der Waals surface area contributed by atoms with Gasteiger partial charge in [0, 0.05) is 37.1 Å². The third-order valence-corrected chi connectivity index (χ3v) is 14.3. The molecular weight excluding hydrogens is 963 g/mol. The molecule has 0 radical (unpaired) electrons. The molecule has 0 aromatic carbocycles. The molecule has 3 rings (SSSR count). The van der Waals surface area contributed by atoms with Crippen LogP contribution in [-0.2, 0) is 50.7 Å². The van der Waals surface area contributed by atoms with Gasteiger partial charge in [0.1, 0.15) is 36.3 Å². The van der Waals surface area contributed by atoms with Gasteiger partial charge in [-0.3, -0.25) is 28.1 Å². The molecule has 0 saturated carbocycles. The first kappa shape index (κ1) is 58.6. The standard InChI is InChI=1S/C39H68N7O17P3S/c1-4-5-6-7-8-9-10-11-12-13-14-15-16-17-18-19-30(48)67-23-22-41-29(47)20-21-42-37(51)34(50)39(2,3)25-60-66(57,58)63-65(55,56)59-24-28-33(62-64(52,53)54)32(49)38(61-28)46-27-45-31-35(40)43-26-44-36(31)46/h9-10,26-28,32-34,38,49-50H,4-8,11-25H2,1-3H3,(H,41,47)(H,42,51)(H,55,56)(H,57,58)(H2,40,43,44)(H2,52,53,54)/p-4/b10-9+/t28-,32-,33-,34+,38-/m1/s1. The van der Waals surface area contributed by atoms with Gasteiger partial charge in [-0.1, -0.05) is 96.1 Å². The van der Waals surface area contributed by atoms with Crippen LogP contribution in [0.15, 0.2) is 24.8 Å². The number of hydrogen-bond acceptors (Lipinski definition) is 22. The summed E-state index contributed by atoms with van der Waals surface area (Å²) in [7, 11) is -17.6. The highest BCUT2D eigenvalue weighted by atomic mass is 32.2. The molecule has 6 N–H and O–H groups in total. The van der Waals surface area contributed by atoms with Crippen molar-refractivity contribution in [2.45, 2.75) is 148 Å². The molecule has 2 amide bonds. The van der Waals surface area contributed by atoms with E-state index in [2.05, 4.69) is 62.5 Å². The first-order chi connectivity index (χ1) is 31.6. The number of ether oxygens (including phenoxy) is 1. The molecule has 1 aliphatic rings.